The summed E-state index contributed by atoms with van der Waals surface area (Å²) in [5.41, 5.74) is -1.20. The van der Waals surface area contributed by atoms with Crippen molar-refractivity contribution in [3.63, 3.8) is 0 Å². The number of nitrogens with one attached hydrogen (secondary N) is 1. The smallest absolute Gasteiger partial charge is 0.304 e. The fraction of sp³-hybridized carbons (Fsp3) is 0.154. The number of amides is 1. The van der Waals surface area contributed by atoms with Gasteiger partial charge in [0.05, 0.1) is 12.2 Å². The van der Waals surface area contributed by atoms with Crippen molar-refractivity contribution in [3.05, 3.63) is 100 Å². The van der Waals surface area contributed by atoms with Crippen LogP contribution >= 0.6 is 11.6 Å². The number of hydrogen-bond acceptors (Lipinski definition) is 4. The number of aromatic nitrogens is 5. The number of nitrogens with zero attached hydrogens (tertiary/aromatic N) is 5. The van der Waals surface area contributed by atoms with Gasteiger partial charge in [0.2, 0.25) is 0 Å². The van der Waals surface area contributed by atoms with Gasteiger partial charge in [-0.1, -0.05) is 23.7 Å². The van der Waals surface area contributed by atoms with E-state index >= 15 is 0 Å². The van der Waals surface area contributed by atoms with Gasteiger partial charge >= 0.3 is 12.1 Å². The number of carbonyl (C=O) groups is 1. The minimum absolute atomic E-state index is 0.0797. The van der Waals surface area contributed by atoms with Crippen LogP contribution in [0.5, 0.6) is 0 Å². The molecule has 206 valence electrons. The van der Waals surface area contributed by atoms with E-state index in [-0.39, 0.29) is 21.6 Å². The van der Waals surface area contributed by atoms with E-state index in [1.165, 1.54) is 12.1 Å². The lowest BCUT2D eigenvalue weighted by molar-refractivity contribution is -0.291. The molecule has 3 heterocycles. The van der Waals surface area contributed by atoms with Gasteiger partial charge in [-0.2, -0.15) is 32.1 Å². The highest BCUT2D eigenvalue weighted by molar-refractivity contribution is 6.30. The molecule has 7 nitrogen and oxygen atoms in total. The maximum absolute atomic E-state index is 14.6. The van der Waals surface area contributed by atoms with Crippen LogP contribution in [-0.2, 0) is 12.5 Å². The molecule has 0 spiro atoms. The number of hydrogen-bond donors (Lipinski definition) is 1. The van der Waals surface area contributed by atoms with E-state index in [0.29, 0.717) is 23.3 Å². The predicted molar refractivity (Wildman–Crippen MR) is 134 cm³/mol. The first kappa shape index (κ1) is 27.2. The fourth-order valence-electron chi connectivity index (χ4n) is 3.94. The Hall–Kier alpha value is -4.39. The molecule has 0 bridgehead atoms. The predicted octanol–water partition coefficient (Wildman–Crippen LogP) is 6.65. The van der Waals surface area contributed by atoms with Gasteiger partial charge < -0.3 is 5.32 Å². The topological polar surface area (TPSA) is 77.1 Å². The zero-order chi connectivity index (χ0) is 28.8. The number of fused-ring (bicyclic) bond motifs is 1. The number of benzene rings is 2. The Balaban J connectivity index is 1.50. The standard InChI is InChI=1S/C26H17ClF6N6O/c1-14-9-22(37-38(14)13-15-3-2-4-17(27)10-15)35-24(40)20-12-23-34-19(16-5-7-18(28)8-6-16)11-21(39(23)36-20)25(29,30)26(31,32)33/h2-12H,13H2,1H3,(H,35,37,40). The molecule has 0 radical (unpaired) electrons. The molecule has 2 aromatic carbocycles. The summed E-state index contributed by atoms with van der Waals surface area (Å²) in [4.78, 5) is 17.0. The zero-order valence-electron chi connectivity index (χ0n) is 20.3. The van der Waals surface area contributed by atoms with Gasteiger partial charge in [-0.25, -0.2) is 13.9 Å². The molecular weight excluding hydrogens is 562 g/mol. The molecule has 1 N–H and O–H groups in total. The van der Waals surface area contributed by atoms with Gasteiger partial charge in [0.15, 0.2) is 17.2 Å². The molecule has 14 heteroatoms. The number of anilines is 1. The average molecular weight is 579 g/mol. The summed E-state index contributed by atoms with van der Waals surface area (Å²) in [5.74, 6) is -6.80. The molecule has 0 aliphatic heterocycles. The Morgan fingerprint density at radius 2 is 1.70 bits per heavy atom. The van der Waals surface area contributed by atoms with Crippen molar-refractivity contribution in [1.29, 1.82) is 0 Å². The SMILES string of the molecule is Cc1cc(NC(=O)c2cc3nc(-c4ccc(F)cc4)cc(C(F)(F)C(F)(F)F)n3n2)nn1Cc1cccc(Cl)c1. The van der Waals surface area contributed by atoms with E-state index in [0.717, 1.165) is 23.8 Å². The van der Waals surface area contributed by atoms with Crippen LogP contribution in [0, 0.1) is 12.7 Å². The second-order valence-corrected chi connectivity index (χ2v) is 9.25. The summed E-state index contributed by atoms with van der Waals surface area (Å²) in [5, 5.41) is 11.0. The molecule has 0 atom stereocenters. The fourth-order valence-corrected chi connectivity index (χ4v) is 4.16. The van der Waals surface area contributed by atoms with Gasteiger partial charge in [0.25, 0.3) is 5.91 Å². The summed E-state index contributed by atoms with van der Waals surface area (Å²) >= 11 is 6.02. The summed E-state index contributed by atoms with van der Waals surface area (Å²) in [6.45, 7) is 2.08. The molecule has 0 unspecified atom stereocenters. The monoisotopic (exact) mass is 578 g/mol. The Morgan fingerprint density at radius 3 is 2.38 bits per heavy atom. The Bertz CT molecular complexity index is 1730. The molecule has 40 heavy (non-hydrogen) atoms. The van der Waals surface area contributed by atoms with E-state index in [1.807, 2.05) is 6.07 Å². The maximum Gasteiger partial charge on any atom is 0.459 e. The number of halogens is 7. The van der Waals surface area contributed by atoms with Crippen LogP contribution in [0.2, 0.25) is 5.02 Å². The van der Waals surface area contributed by atoms with Gasteiger partial charge in [-0.3, -0.25) is 9.48 Å². The number of aryl methyl sites for hydroxylation is 1. The van der Waals surface area contributed by atoms with Gasteiger partial charge in [0.1, 0.15) is 11.5 Å². The van der Waals surface area contributed by atoms with E-state index in [1.54, 1.807) is 35.9 Å². The number of carbonyl (C=O) groups excluding carboxylic acids is 1. The van der Waals surface area contributed by atoms with Crippen LogP contribution in [0.25, 0.3) is 16.9 Å². The highest BCUT2D eigenvalue weighted by Gasteiger charge is 2.60. The molecular formula is C26H17ClF6N6O. The second kappa shape index (κ2) is 9.97. The summed E-state index contributed by atoms with van der Waals surface area (Å²) < 4.78 is 84.4. The second-order valence-electron chi connectivity index (χ2n) is 8.82. The highest BCUT2D eigenvalue weighted by Crippen LogP contribution is 2.44. The van der Waals surface area contributed by atoms with Crippen LogP contribution in [-0.4, -0.2) is 36.5 Å². The molecule has 0 saturated heterocycles. The minimum Gasteiger partial charge on any atom is -0.304 e. The largest absolute Gasteiger partial charge is 0.459 e. The molecule has 1 amide bonds. The third-order valence-electron chi connectivity index (χ3n) is 5.92. The van der Waals surface area contributed by atoms with Gasteiger partial charge in [0, 0.05) is 28.4 Å². The normalized spacial score (nSPS) is 12.2. The molecule has 5 rings (SSSR count). The number of rotatable bonds is 6. The van der Waals surface area contributed by atoms with Crippen LogP contribution < -0.4 is 5.32 Å². The van der Waals surface area contributed by atoms with E-state index in [9.17, 15) is 31.1 Å². The lowest BCUT2D eigenvalue weighted by Crippen LogP contribution is -2.36. The lowest BCUT2D eigenvalue weighted by Gasteiger charge is -2.21. The third kappa shape index (κ3) is 5.24. The van der Waals surface area contributed by atoms with Crippen molar-refractivity contribution in [1.82, 2.24) is 24.4 Å². The van der Waals surface area contributed by atoms with Gasteiger partial charge in [-0.15, -0.1) is 0 Å². The van der Waals surface area contributed by atoms with E-state index in [4.69, 9.17) is 11.6 Å². The van der Waals surface area contributed by atoms with Crippen molar-refractivity contribution >= 4 is 29.0 Å². The van der Waals surface area contributed by atoms with Crippen LogP contribution in [0.3, 0.4) is 0 Å². The average Bonchev–Trinajstić information content (AvgIpc) is 3.46. The first-order valence-corrected chi connectivity index (χ1v) is 11.9. The third-order valence-corrected chi connectivity index (χ3v) is 6.16. The molecule has 0 aliphatic rings. The first-order chi connectivity index (χ1) is 18.8. The molecule has 0 fully saturated rings. The van der Waals surface area contributed by atoms with Crippen LogP contribution in [0.4, 0.5) is 32.2 Å². The molecule has 3 aromatic heterocycles. The zero-order valence-corrected chi connectivity index (χ0v) is 21.1. The highest BCUT2D eigenvalue weighted by atomic mass is 35.5. The van der Waals surface area contributed by atoms with Crippen molar-refractivity contribution < 1.29 is 31.1 Å². The maximum atomic E-state index is 14.6. The minimum atomic E-state index is -5.97. The van der Waals surface area contributed by atoms with E-state index < -0.39 is 40.9 Å². The Labute approximate surface area is 227 Å². The lowest BCUT2D eigenvalue weighted by atomic mass is 10.1. The van der Waals surface area contributed by atoms with Crippen LogP contribution in [0.15, 0.2) is 66.7 Å². The summed E-state index contributed by atoms with van der Waals surface area (Å²) in [6.07, 6.45) is -5.97. The van der Waals surface area contributed by atoms with E-state index in [2.05, 4.69) is 20.5 Å². The van der Waals surface area contributed by atoms with Crippen molar-refractivity contribution in [2.75, 3.05) is 5.32 Å². The summed E-state index contributed by atoms with van der Waals surface area (Å²) in [6, 6.07) is 14.5. The van der Waals surface area contributed by atoms with Crippen molar-refractivity contribution in [2.24, 2.45) is 0 Å². The summed E-state index contributed by atoms with van der Waals surface area (Å²) in [7, 11) is 0. The Kier molecular flexibility index (Phi) is 6.78. The van der Waals surface area contributed by atoms with Gasteiger partial charge in [-0.05, 0) is 55.0 Å². The first-order valence-electron chi connectivity index (χ1n) is 11.5. The van der Waals surface area contributed by atoms with Crippen molar-refractivity contribution in [2.45, 2.75) is 25.6 Å². The molecule has 5 aromatic rings. The van der Waals surface area contributed by atoms with Crippen LogP contribution in [0.1, 0.15) is 27.4 Å². The number of alkyl halides is 5. The Morgan fingerprint density at radius 1 is 0.975 bits per heavy atom. The quantitative estimate of drug-likeness (QED) is 0.229. The molecule has 0 aliphatic carbocycles. The van der Waals surface area contributed by atoms with Crippen molar-refractivity contribution in [3.8, 4) is 11.3 Å². The molecule has 0 saturated carbocycles.